The van der Waals surface area contributed by atoms with Crippen molar-refractivity contribution in [3.05, 3.63) is 42.0 Å². The molecule has 4 aliphatic rings. The second-order valence-corrected chi connectivity index (χ2v) is 7.68. The molecule has 3 unspecified atom stereocenters. The molecule has 2 nitrogen and oxygen atoms in total. The quantitative estimate of drug-likeness (QED) is 0.756. The van der Waals surface area contributed by atoms with Gasteiger partial charge < -0.3 is 4.74 Å². The van der Waals surface area contributed by atoms with Crippen LogP contribution in [0.15, 0.2) is 30.8 Å². The number of esters is 1. The molecule has 0 radical (unpaired) electrons. The van der Waals surface area contributed by atoms with Gasteiger partial charge in [0.05, 0.1) is 5.56 Å². The summed E-state index contributed by atoms with van der Waals surface area (Å²) in [6.45, 7) is 6.05. The SMILES string of the molecule is C=Cc1ccc(C(=O)OC23CC4CC(CC(C4)C2C)C3)cc1. The van der Waals surface area contributed by atoms with E-state index in [2.05, 4.69) is 13.5 Å². The van der Waals surface area contributed by atoms with Crippen LogP contribution in [0.2, 0.25) is 0 Å². The van der Waals surface area contributed by atoms with Crippen LogP contribution in [0.4, 0.5) is 0 Å². The van der Waals surface area contributed by atoms with E-state index in [1.165, 1.54) is 19.3 Å². The van der Waals surface area contributed by atoms with Crippen molar-refractivity contribution in [2.24, 2.45) is 23.7 Å². The molecule has 1 aromatic carbocycles. The first-order chi connectivity index (χ1) is 10.6. The van der Waals surface area contributed by atoms with Gasteiger partial charge in [0, 0.05) is 0 Å². The normalized spacial score (nSPS) is 38.8. The average molecular weight is 296 g/mol. The molecule has 116 valence electrons. The van der Waals surface area contributed by atoms with E-state index >= 15 is 0 Å². The highest BCUT2D eigenvalue weighted by molar-refractivity contribution is 5.90. The number of carbonyl (C=O) groups is 1. The Morgan fingerprint density at radius 2 is 1.82 bits per heavy atom. The van der Waals surface area contributed by atoms with Crippen LogP contribution in [0.5, 0.6) is 0 Å². The Balaban J connectivity index is 1.56. The van der Waals surface area contributed by atoms with Crippen molar-refractivity contribution in [3.8, 4) is 0 Å². The summed E-state index contributed by atoms with van der Waals surface area (Å²) in [6.07, 6.45) is 8.01. The van der Waals surface area contributed by atoms with Crippen molar-refractivity contribution in [3.63, 3.8) is 0 Å². The largest absolute Gasteiger partial charge is 0.455 e. The summed E-state index contributed by atoms with van der Waals surface area (Å²) in [4.78, 5) is 12.6. The lowest BCUT2D eigenvalue weighted by atomic mass is 9.50. The molecule has 0 saturated heterocycles. The first-order valence-electron chi connectivity index (χ1n) is 8.55. The zero-order chi connectivity index (χ0) is 15.3. The van der Waals surface area contributed by atoms with Gasteiger partial charge in [0.2, 0.25) is 0 Å². The molecule has 0 aliphatic heterocycles. The van der Waals surface area contributed by atoms with Crippen molar-refractivity contribution in [1.82, 2.24) is 0 Å². The molecule has 1 aromatic rings. The van der Waals surface area contributed by atoms with Crippen LogP contribution in [-0.2, 0) is 4.74 Å². The number of carbonyl (C=O) groups excluding carboxylic acids is 1. The molecule has 3 atom stereocenters. The second kappa shape index (κ2) is 4.97. The Labute approximate surface area is 132 Å². The fourth-order valence-electron chi connectivity index (χ4n) is 5.40. The molecule has 2 heteroatoms. The number of benzene rings is 1. The molecule has 0 heterocycles. The van der Waals surface area contributed by atoms with Crippen LogP contribution in [0.25, 0.3) is 6.08 Å². The van der Waals surface area contributed by atoms with Gasteiger partial charge in [-0.15, -0.1) is 0 Å². The summed E-state index contributed by atoms with van der Waals surface area (Å²) < 4.78 is 6.16. The third kappa shape index (κ3) is 2.12. The lowest BCUT2D eigenvalue weighted by Gasteiger charge is -2.59. The fraction of sp³-hybridized carbons (Fsp3) is 0.550. The smallest absolute Gasteiger partial charge is 0.338 e. The lowest BCUT2D eigenvalue weighted by Crippen LogP contribution is -2.58. The number of rotatable bonds is 3. The van der Waals surface area contributed by atoms with Gasteiger partial charge in [-0.25, -0.2) is 4.79 Å². The zero-order valence-corrected chi connectivity index (χ0v) is 13.3. The van der Waals surface area contributed by atoms with E-state index in [0.717, 1.165) is 36.2 Å². The van der Waals surface area contributed by atoms with Gasteiger partial charge in [-0.3, -0.25) is 0 Å². The monoisotopic (exact) mass is 296 g/mol. The highest BCUT2D eigenvalue weighted by Gasteiger charge is 2.57. The average Bonchev–Trinajstić information content (AvgIpc) is 2.52. The van der Waals surface area contributed by atoms with E-state index in [-0.39, 0.29) is 11.6 Å². The minimum atomic E-state index is -0.192. The lowest BCUT2D eigenvalue weighted by molar-refractivity contribution is -0.168. The minimum Gasteiger partial charge on any atom is -0.455 e. The van der Waals surface area contributed by atoms with Crippen LogP contribution >= 0.6 is 0 Å². The fourth-order valence-corrected chi connectivity index (χ4v) is 5.40. The van der Waals surface area contributed by atoms with E-state index in [9.17, 15) is 4.79 Å². The topological polar surface area (TPSA) is 26.3 Å². The maximum absolute atomic E-state index is 12.6. The van der Waals surface area contributed by atoms with E-state index in [1.807, 2.05) is 24.3 Å². The standard InChI is InChI=1S/C20H24O2/c1-3-14-4-6-17(7-5-14)19(21)22-20-11-15-8-16(12-20)10-18(9-15)13(20)2/h3-7,13,15-16,18H,1,8-12H2,2H3. The Morgan fingerprint density at radius 3 is 2.41 bits per heavy atom. The maximum Gasteiger partial charge on any atom is 0.338 e. The predicted octanol–water partition coefficient (Wildman–Crippen LogP) is 4.70. The van der Waals surface area contributed by atoms with Gasteiger partial charge >= 0.3 is 5.97 Å². The van der Waals surface area contributed by atoms with E-state index in [1.54, 1.807) is 6.08 Å². The highest BCUT2D eigenvalue weighted by Crippen LogP contribution is 2.59. The van der Waals surface area contributed by atoms with Crippen LogP contribution in [0.1, 0.15) is 54.9 Å². The predicted molar refractivity (Wildman–Crippen MR) is 87.4 cm³/mol. The van der Waals surface area contributed by atoms with Crippen molar-refractivity contribution in [1.29, 1.82) is 0 Å². The third-order valence-electron chi connectivity index (χ3n) is 6.42. The minimum absolute atomic E-state index is 0.149. The number of hydrogen-bond donors (Lipinski definition) is 0. The summed E-state index contributed by atoms with van der Waals surface area (Å²) in [5, 5.41) is 0. The maximum atomic E-state index is 12.6. The van der Waals surface area contributed by atoms with Crippen LogP contribution in [-0.4, -0.2) is 11.6 Å². The van der Waals surface area contributed by atoms with E-state index < -0.39 is 0 Å². The molecule has 0 amide bonds. The van der Waals surface area contributed by atoms with Crippen molar-refractivity contribution in [2.75, 3.05) is 0 Å². The third-order valence-corrected chi connectivity index (χ3v) is 6.42. The first kappa shape index (κ1) is 14.0. The molecule has 0 spiro atoms. The Kier molecular flexibility index (Phi) is 3.18. The molecule has 4 bridgehead atoms. The second-order valence-electron chi connectivity index (χ2n) is 7.68. The van der Waals surface area contributed by atoms with E-state index in [4.69, 9.17) is 4.74 Å². The summed E-state index contributed by atoms with van der Waals surface area (Å²) >= 11 is 0. The van der Waals surface area contributed by atoms with Crippen molar-refractivity contribution < 1.29 is 9.53 Å². The van der Waals surface area contributed by atoms with Gasteiger partial charge in [0.25, 0.3) is 0 Å². The summed E-state index contributed by atoms with van der Waals surface area (Å²) in [7, 11) is 0. The molecular weight excluding hydrogens is 272 g/mol. The van der Waals surface area contributed by atoms with Gasteiger partial charge in [0.1, 0.15) is 5.60 Å². The number of ether oxygens (including phenoxy) is 1. The summed E-state index contributed by atoms with van der Waals surface area (Å²) in [5.74, 6) is 2.69. The molecule has 4 fully saturated rings. The van der Waals surface area contributed by atoms with Crippen LogP contribution in [0, 0.1) is 23.7 Å². The molecular formula is C20H24O2. The first-order valence-corrected chi connectivity index (χ1v) is 8.55. The van der Waals surface area contributed by atoms with Crippen molar-refractivity contribution in [2.45, 2.75) is 44.6 Å². The molecule has 4 aliphatic carbocycles. The van der Waals surface area contributed by atoms with Gasteiger partial charge in [0.15, 0.2) is 0 Å². The molecule has 5 rings (SSSR count). The highest BCUT2D eigenvalue weighted by atomic mass is 16.6. The Hall–Kier alpha value is -1.57. The zero-order valence-electron chi connectivity index (χ0n) is 13.3. The Bertz CT molecular complexity index is 587. The molecule has 0 aromatic heterocycles. The Morgan fingerprint density at radius 1 is 1.18 bits per heavy atom. The van der Waals surface area contributed by atoms with E-state index in [0.29, 0.717) is 11.5 Å². The van der Waals surface area contributed by atoms with Crippen molar-refractivity contribution >= 4 is 12.0 Å². The van der Waals surface area contributed by atoms with Gasteiger partial charge in [-0.2, -0.15) is 0 Å². The van der Waals surface area contributed by atoms with Gasteiger partial charge in [-0.05, 0) is 73.5 Å². The number of hydrogen-bond acceptors (Lipinski definition) is 2. The molecule has 22 heavy (non-hydrogen) atoms. The molecule has 4 saturated carbocycles. The summed E-state index contributed by atoms with van der Waals surface area (Å²) in [5.41, 5.74) is 1.50. The summed E-state index contributed by atoms with van der Waals surface area (Å²) in [6, 6.07) is 7.55. The van der Waals surface area contributed by atoms with Crippen LogP contribution < -0.4 is 0 Å². The van der Waals surface area contributed by atoms with Gasteiger partial charge in [-0.1, -0.05) is 31.7 Å². The van der Waals surface area contributed by atoms with Crippen LogP contribution in [0.3, 0.4) is 0 Å². The molecule has 0 N–H and O–H groups in total.